The monoisotopic (exact) mass is 376 g/mol. The van der Waals surface area contributed by atoms with E-state index in [1.54, 1.807) is 31.3 Å². The van der Waals surface area contributed by atoms with Crippen LogP contribution < -0.4 is 5.56 Å². The number of aromatic amines is 1. The first kappa shape index (κ1) is 17.7. The molecule has 5 nitrogen and oxygen atoms in total. The van der Waals surface area contributed by atoms with Gasteiger partial charge < -0.3 is 14.3 Å². The van der Waals surface area contributed by atoms with Gasteiger partial charge in [-0.2, -0.15) is 0 Å². The number of fused-ring (bicyclic) bond motifs is 1. The van der Waals surface area contributed by atoms with E-state index < -0.39 is 0 Å². The van der Waals surface area contributed by atoms with E-state index in [2.05, 4.69) is 4.98 Å². The second-order valence-electron chi connectivity index (χ2n) is 6.54. The van der Waals surface area contributed by atoms with Gasteiger partial charge in [0.2, 0.25) is 5.56 Å². The van der Waals surface area contributed by atoms with Crippen molar-refractivity contribution < 1.29 is 13.6 Å². The zero-order valence-electron chi connectivity index (χ0n) is 15.1. The van der Waals surface area contributed by atoms with Crippen LogP contribution in [0.2, 0.25) is 0 Å². The maximum Gasteiger partial charge on any atom is 0.289 e. The molecule has 0 unspecified atom stereocenters. The van der Waals surface area contributed by atoms with Gasteiger partial charge in [0.25, 0.3) is 5.91 Å². The Morgan fingerprint density at radius 2 is 1.82 bits per heavy atom. The van der Waals surface area contributed by atoms with Gasteiger partial charge in [-0.25, -0.2) is 4.39 Å². The van der Waals surface area contributed by atoms with E-state index in [9.17, 15) is 14.0 Å². The number of rotatable bonds is 4. The SMILES string of the molecule is CN(Cc1cc(=O)[nH]c2ccccc12)C(=O)c1ccc(-c2ccc(F)cc2)o1. The Kier molecular flexibility index (Phi) is 4.53. The number of para-hydroxylation sites is 1. The summed E-state index contributed by atoms with van der Waals surface area (Å²) in [4.78, 5) is 28.9. The van der Waals surface area contributed by atoms with Crippen molar-refractivity contribution in [1.29, 1.82) is 0 Å². The summed E-state index contributed by atoms with van der Waals surface area (Å²) < 4.78 is 18.7. The van der Waals surface area contributed by atoms with Crippen molar-refractivity contribution in [2.45, 2.75) is 6.54 Å². The van der Waals surface area contributed by atoms with Crippen LogP contribution in [-0.2, 0) is 6.54 Å². The van der Waals surface area contributed by atoms with Gasteiger partial charge in [-0.3, -0.25) is 9.59 Å². The Morgan fingerprint density at radius 1 is 1.07 bits per heavy atom. The number of furan rings is 1. The fraction of sp³-hybridized carbons (Fsp3) is 0.0909. The molecule has 4 aromatic rings. The number of nitrogens with zero attached hydrogens (tertiary/aromatic N) is 1. The van der Waals surface area contributed by atoms with Gasteiger partial charge in [0.15, 0.2) is 5.76 Å². The number of carbonyl (C=O) groups is 1. The summed E-state index contributed by atoms with van der Waals surface area (Å²) in [5, 5.41) is 0.883. The normalized spacial score (nSPS) is 10.9. The number of aromatic nitrogens is 1. The van der Waals surface area contributed by atoms with Crippen molar-refractivity contribution in [3.05, 3.63) is 94.2 Å². The number of amides is 1. The Balaban J connectivity index is 1.58. The first-order chi connectivity index (χ1) is 13.5. The van der Waals surface area contributed by atoms with Crippen molar-refractivity contribution in [3.8, 4) is 11.3 Å². The Hall–Kier alpha value is -3.67. The van der Waals surface area contributed by atoms with Gasteiger partial charge >= 0.3 is 0 Å². The Bertz CT molecular complexity index is 1210. The molecule has 28 heavy (non-hydrogen) atoms. The summed E-state index contributed by atoms with van der Waals surface area (Å²) in [5.41, 5.74) is 1.94. The minimum absolute atomic E-state index is 0.177. The molecule has 0 saturated carbocycles. The molecule has 1 amide bonds. The van der Waals surface area contributed by atoms with E-state index >= 15 is 0 Å². The van der Waals surface area contributed by atoms with Gasteiger partial charge in [-0.1, -0.05) is 18.2 Å². The van der Waals surface area contributed by atoms with Crippen LogP contribution in [-0.4, -0.2) is 22.8 Å². The molecule has 2 aromatic carbocycles. The van der Waals surface area contributed by atoms with Crippen molar-refractivity contribution >= 4 is 16.8 Å². The minimum Gasteiger partial charge on any atom is -0.451 e. The molecule has 0 aliphatic rings. The molecule has 0 bridgehead atoms. The number of hydrogen-bond acceptors (Lipinski definition) is 3. The van der Waals surface area contributed by atoms with Gasteiger partial charge in [-0.05, 0) is 48.0 Å². The topological polar surface area (TPSA) is 66.3 Å². The zero-order chi connectivity index (χ0) is 19.7. The van der Waals surface area contributed by atoms with Gasteiger partial charge in [0.1, 0.15) is 11.6 Å². The van der Waals surface area contributed by atoms with Crippen LogP contribution in [0.25, 0.3) is 22.2 Å². The second kappa shape index (κ2) is 7.15. The summed E-state index contributed by atoms with van der Waals surface area (Å²) in [5.74, 6) is 0.0171. The second-order valence-corrected chi connectivity index (χ2v) is 6.54. The van der Waals surface area contributed by atoms with Crippen molar-refractivity contribution in [2.75, 3.05) is 7.05 Å². The highest BCUT2D eigenvalue weighted by Crippen LogP contribution is 2.24. The molecule has 140 valence electrons. The number of halogens is 1. The van der Waals surface area contributed by atoms with Crippen LogP contribution in [0.15, 0.2) is 75.9 Å². The van der Waals surface area contributed by atoms with Gasteiger partial charge in [0.05, 0.1) is 0 Å². The first-order valence-electron chi connectivity index (χ1n) is 8.73. The molecule has 0 radical (unpaired) electrons. The molecule has 0 aliphatic carbocycles. The van der Waals surface area contributed by atoms with Crippen LogP contribution >= 0.6 is 0 Å². The molecular formula is C22H17FN2O3. The fourth-order valence-corrected chi connectivity index (χ4v) is 3.15. The molecule has 0 fully saturated rings. The van der Waals surface area contributed by atoms with Crippen LogP contribution in [0.3, 0.4) is 0 Å². The summed E-state index contributed by atoms with van der Waals surface area (Å²) in [6, 6.07) is 18.1. The number of benzene rings is 2. The van der Waals surface area contributed by atoms with Crippen LogP contribution in [0.1, 0.15) is 16.1 Å². The molecule has 0 saturated heterocycles. The highest BCUT2D eigenvalue weighted by molar-refractivity contribution is 5.92. The largest absolute Gasteiger partial charge is 0.451 e. The van der Waals surface area contributed by atoms with Crippen LogP contribution in [0, 0.1) is 5.82 Å². The smallest absolute Gasteiger partial charge is 0.289 e. The lowest BCUT2D eigenvalue weighted by atomic mass is 10.1. The lowest BCUT2D eigenvalue weighted by Gasteiger charge is -2.17. The molecule has 0 spiro atoms. The summed E-state index contributed by atoms with van der Waals surface area (Å²) in [7, 11) is 1.65. The maximum atomic E-state index is 13.1. The fourth-order valence-electron chi connectivity index (χ4n) is 3.15. The highest BCUT2D eigenvalue weighted by atomic mass is 19.1. The highest BCUT2D eigenvalue weighted by Gasteiger charge is 2.18. The van der Waals surface area contributed by atoms with E-state index in [1.807, 2.05) is 24.3 Å². The minimum atomic E-state index is -0.337. The molecule has 2 aromatic heterocycles. The van der Waals surface area contributed by atoms with E-state index in [0.29, 0.717) is 11.3 Å². The van der Waals surface area contributed by atoms with Crippen LogP contribution in [0.5, 0.6) is 0 Å². The molecule has 2 heterocycles. The molecule has 0 atom stereocenters. The molecule has 6 heteroatoms. The van der Waals surface area contributed by atoms with Crippen molar-refractivity contribution in [3.63, 3.8) is 0 Å². The van der Waals surface area contributed by atoms with Crippen molar-refractivity contribution in [1.82, 2.24) is 9.88 Å². The standard InChI is InChI=1S/C22H17FN2O3/c1-25(13-15-12-21(26)24-18-5-3-2-4-17(15)18)22(27)20-11-10-19(28-20)14-6-8-16(23)9-7-14/h2-12H,13H2,1H3,(H,24,26). The predicted octanol–water partition coefficient (Wildman–Crippen LogP) is 4.20. The van der Waals surface area contributed by atoms with Gasteiger partial charge in [0, 0.05) is 36.1 Å². The summed E-state index contributed by atoms with van der Waals surface area (Å²) in [6.07, 6.45) is 0. The summed E-state index contributed by atoms with van der Waals surface area (Å²) >= 11 is 0. The average molecular weight is 376 g/mol. The maximum absolute atomic E-state index is 13.1. The number of nitrogens with one attached hydrogen (secondary N) is 1. The first-order valence-corrected chi connectivity index (χ1v) is 8.73. The molecule has 4 rings (SSSR count). The number of hydrogen-bond donors (Lipinski definition) is 1. The van der Waals surface area contributed by atoms with E-state index in [-0.39, 0.29) is 29.6 Å². The molecular weight excluding hydrogens is 359 g/mol. The lowest BCUT2D eigenvalue weighted by molar-refractivity contribution is 0.0755. The Labute approximate surface area is 160 Å². The van der Waals surface area contributed by atoms with E-state index in [4.69, 9.17) is 4.42 Å². The number of pyridine rings is 1. The molecule has 0 aliphatic heterocycles. The third-order valence-corrected chi connectivity index (χ3v) is 4.54. The van der Waals surface area contributed by atoms with Gasteiger partial charge in [-0.15, -0.1) is 0 Å². The lowest BCUT2D eigenvalue weighted by Crippen LogP contribution is -2.26. The third kappa shape index (κ3) is 3.44. The molecule has 1 N–H and O–H groups in total. The van der Waals surface area contributed by atoms with E-state index in [1.165, 1.54) is 23.1 Å². The van der Waals surface area contributed by atoms with Crippen LogP contribution in [0.4, 0.5) is 4.39 Å². The number of carbonyl (C=O) groups excluding carboxylic acids is 1. The zero-order valence-corrected chi connectivity index (χ0v) is 15.1. The average Bonchev–Trinajstić information content (AvgIpc) is 3.18. The Morgan fingerprint density at radius 3 is 2.61 bits per heavy atom. The predicted molar refractivity (Wildman–Crippen MR) is 104 cm³/mol. The van der Waals surface area contributed by atoms with Crippen molar-refractivity contribution in [2.24, 2.45) is 0 Å². The number of H-pyrrole nitrogens is 1. The quantitative estimate of drug-likeness (QED) is 0.580. The third-order valence-electron chi connectivity index (χ3n) is 4.54. The summed E-state index contributed by atoms with van der Waals surface area (Å²) in [6.45, 7) is 0.260. The van der Waals surface area contributed by atoms with E-state index in [0.717, 1.165) is 16.5 Å².